The molecule has 2 fully saturated rings. The number of aliphatic hydroxyl groups is 4. The Morgan fingerprint density at radius 2 is 1.67 bits per heavy atom. The molecular formula is C20H26N10O11P2S2. The number of aromatic nitrogens is 8. The van der Waals surface area contributed by atoms with Gasteiger partial charge in [-0.3, -0.25) is 28.0 Å². The first-order valence-electron chi connectivity index (χ1n) is 12.6. The average Bonchev–Trinajstić information content (AvgIpc) is 3.74. The van der Waals surface area contributed by atoms with E-state index in [-0.39, 0.29) is 41.8 Å². The van der Waals surface area contributed by atoms with Crippen molar-refractivity contribution in [2.45, 2.75) is 49.1 Å². The van der Waals surface area contributed by atoms with Gasteiger partial charge in [-0.25, -0.2) is 19.9 Å². The fourth-order valence-electron chi connectivity index (χ4n) is 4.84. The summed E-state index contributed by atoms with van der Waals surface area (Å²) in [6.07, 6.45) is -6.99. The molecule has 45 heavy (non-hydrogen) atoms. The molecule has 0 bridgehead atoms. The number of nitrogen functional groups attached to an aromatic ring is 2. The molecule has 0 saturated carbocycles. The Morgan fingerprint density at radius 3 is 2.36 bits per heavy atom. The van der Waals surface area contributed by atoms with Crippen LogP contribution in [0.5, 0.6) is 0 Å². The van der Waals surface area contributed by atoms with Gasteiger partial charge in [-0.2, -0.15) is 4.98 Å². The zero-order valence-corrected chi connectivity index (χ0v) is 26.0. The normalized spacial score (nSPS) is 29.6. The van der Waals surface area contributed by atoms with E-state index in [1.807, 2.05) is 0 Å². The molecule has 0 spiro atoms. The second kappa shape index (κ2) is 13.5. The Bertz CT molecular complexity index is 1800. The minimum Gasteiger partial charge on any atom is -0.394 e. The van der Waals surface area contributed by atoms with E-state index in [4.69, 9.17) is 46.4 Å². The van der Waals surface area contributed by atoms with E-state index in [2.05, 4.69) is 42.2 Å². The van der Waals surface area contributed by atoms with E-state index < -0.39 is 74.6 Å². The monoisotopic (exact) mass is 708 g/mol. The number of imidazole rings is 2. The first-order chi connectivity index (χ1) is 21.4. The summed E-state index contributed by atoms with van der Waals surface area (Å²) >= 11 is 8.35. The lowest BCUT2D eigenvalue weighted by atomic mass is 10.1. The van der Waals surface area contributed by atoms with Crippen molar-refractivity contribution in [3.05, 3.63) is 29.3 Å². The number of hydrogen-bond donors (Lipinski definition) is 9. The highest BCUT2D eigenvalue weighted by Crippen LogP contribution is 2.50. The van der Waals surface area contributed by atoms with E-state index in [9.17, 15) is 30.1 Å². The van der Waals surface area contributed by atoms with Gasteiger partial charge in [0.2, 0.25) is 13.6 Å². The largest absolute Gasteiger partial charge is 0.394 e. The standard InChI is InChI=1S/C20H25N10O10PS.HOPS/c21-14-8-15(24-3-23-14)29(4-25-8)18-12(34)10(32)7(39-18)2-37-41(36,42)40-13-11(33)6(1-31)38-19(13)30-5-26-9-16(30)27-20(22)28-17(9)35;1-2-3/h3-7,10-13,18-19,31-34H,1-2H2,(H,36,42)(H2,21,23,24)(H3,22,27,28,35);(H,1,3)/t6-,7-,10?,11?,12+,13+,18-,19-,41?;/m1./s1. The molecule has 244 valence electrons. The molecule has 0 aromatic carbocycles. The van der Waals surface area contributed by atoms with Crippen molar-refractivity contribution in [2.75, 3.05) is 24.7 Å². The van der Waals surface area contributed by atoms with E-state index in [1.165, 1.54) is 28.1 Å². The van der Waals surface area contributed by atoms with Gasteiger partial charge in [-0.05, 0) is 11.8 Å². The lowest BCUT2D eigenvalue weighted by molar-refractivity contribution is -0.0571. The highest BCUT2D eigenvalue weighted by Gasteiger charge is 2.49. The molecule has 6 heterocycles. The maximum atomic E-state index is 12.2. The van der Waals surface area contributed by atoms with Crippen LogP contribution < -0.4 is 17.0 Å². The maximum absolute atomic E-state index is 12.2. The highest BCUT2D eigenvalue weighted by molar-refractivity contribution is 8.33. The molecule has 4 aromatic rings. The number of thiol groups is 1. The van der Waals surface area contributed by atoms with Crippen molar-refractivity contribution in [3.8, 4) is 0 Å². The zero-order valence-electron chi connectivity index (χ0n) is 22.5. The number of hydrogen-bond acceptors (Lipinski definition) is 18. The van der Waals surface area contributed by atoms with Gasteiger partial charge in [-0.15, -0.1) is 0 Å². The van der Waals surface area contributed by atoms with Crippen LogP contribution >= 0.6 is 26.6 Å². The summed E-state index contributed by atoms with van der Waals surface area (Å²) in [5.74, 6) is -0.103. The molecule has 6 rings (SSSR count). The van der Waals surface area contributed by atoms with E-state index in [0.717, 1.165) is 0 Å². The number of nitrogens with two attached hydrogens (primary N) is 2. The smallest absolute Gasteiger partial charge is 0.325 e. The number of ether oxygens (including phenoxy) is 2. The van der Waals surface area contributed by atoms with Crippen LogP contribution in [0.1, 0.15) is 12.5 Å². The Kier molecular flexibility index (Phi) is 10.1. The fraction of sp³-hybridized carbons (Fsp3) is 0.500. The van der Waals surface area contributed by atoms with Crippen LogP contribution in [0, 0.1) is 0 Å². The van der Waals surface area contributed by atoms with Gasteiger partial charge >= 0.3 is 6.72 Å². The molecule has 4 aromatic heterocycles. The molecule has 25 heteroatoms. The van der Waals surface area contributed by atoms with Gasteiger partial charge in [0.25, 0.3) is 5.56 Å². The number of nitrogens with one attached hydrogen (secondary N) is 1. The molecule has 2 saturated heterocycles. The first kappa shape index (κ1) is 33.6. The van der Waals surface area contributed by atoms with Gasteiger partial charge in [0.1, 0.15) is 48.5 Å². The number of nitrogens with zero attached hydrogens (tertiary/aromatic N) is 7. The second-order valence-electron chi connectivity index (χ2n) is 9.56. The predicted molar refractivity (Wildman–Crippen MR) is 159 cm³/mol. The van der Waals surface area contributed by atoms with Crippen LogP contribution in [-0.4, -0.2) is 114 Å². The summed E-state index contributed by atoms with van der Waals surface area (Å²) in [6.45, 7) is -5.39. The van der Waals surface area contributed by atoms with E-state index in [0.29, 0.717) is 0 Å². The van der Waals surface area contributed by atoms with Crippen LogP contribution in [0.2, 0.25) is 0 Å². The van der Waals surface area contributed by atoms with Crippen LogP contribution in [0.3, 0.4) is 0 Å². The van der Waals surface area contributed by atoms with Gasteiger partial charge in [0, 0.05) is 0 Å². The van der Waals surface area contributed by atoms with Crippen LogP contribution in [-0.2, 0) is 34.9 Å². The lowest BCUT2D eigenvalue weighted by Crippen LogP contribution is -2.36. The van der Waals surface area contributed by atoms with E-state index in [1.54, 1.807) is 0 Å². The first-order valence-corrected chi connectivity index (χ1v) is 17.2. The van der Waals surface area contributed by atoms with Gasteiger partial charge < -0.3 is 50.8 Å². The number of aliphatic hydroxyl groups excluding tert-OH is 4. The predicted octanol–water partition coefficient (Wildman–Crippen LogP) is -2.26. The molecule has 2 aliphatic rings. The van der Waals surface area contributed by atoms with Gasteiger partial charge in [-0.1, -0.05) is 12.2 Å². The van der Waals surface area contributed by atoms with Gasteiger partial charge in [0.15, 0.2) is 35.1 Å². The summed E-state index contributed by atoms with van der Waals surface area (Å²) in [6, 6.07) is 0. The van der Waals surface area contributed by atoms with Crippen LogP contribution in [0.15, 0.2) is 23.8 Å². The molecule has 21 nitrogen and oxygen atoms in total. The summed E-state index contributed by atoms with van der Waals surface area (Å²) in [5, 5.41) is 41.8. The average molecular weight is 709 g/mol. The summed E-state index contributed by atoms with van der Waals surface area (Å²) in [5.41, 5.74) is 11.2. The minimum absolute atomic E-state index is 0.0191. The maximum Gasteiger partial charge on any atom is 0.325 e. The third-order valence-electron chi connectivity index (χ3n) is 6.87. The van der Waals surface area contributed by atoms with Crippen LogP contribution in [0.25, 0.3) is 22.3 Å². The molecule has 0 radical (unpaired) electrons. The van der Waals surface area contributed by atoms with E-state index >= 15 is 0 Å². The number of anilines is 2. The summed E-state index contributed by atoms with van der Waals surface area (Å²) in [7, 11) is -0.139. The second-order valence-corrected chi connectivity index (χ2v) is 13.0. The zero-order chi connectivity index (χ0) is 32.6. The molecule has 2 aliphatic heterocycles. The number of fused-ring (bicyclic) bond motifs is 2. The topological polar surface area (TPSA) is 314 Å². The lowest BCUT2D eigenvalue weighted by Gasteiger charge is -2.27. The molecule has 3 unspecified atom stereocenters. The van der Waals surface area contributed by atoms with Crippen molar-refractivity contribution >= 4 is 72.5 Å². The Balaban J connectivity index is 0.00000128. The Labute approximate surface area is 262 Å². The minimum atomic E-state index is -4.22. The molecule has 10 N–H and O–H groups in total. The molecular weight excluding hydrogens is 682 g/mol. The number of H-pyrrole nitrogens is 1. The van der Waals surface area contributed by atoms with Crippen LogP contribution in [0.4, 0.5) is 11.8 Å². The Hall–Kier alpha value is -2.76. The highest BCUT2D eigenvalue weighted by atomic mass is 32.7. The SMILES string of the molecule is Nc1nc2c(ncn2[C@@H]2O[C@H](CO)C(O)[C@@H]2OP(O)(=S)OC[C@H]2O[C@@H](n3cnc4c(N)ncnc43)[C@@H](O)C2O)c(=O)[nH]1.O=PS. The third-order valence-corrected chi connectivity index (χ3v) is 8.43. The van der Waals surface area contributed by atoms with Gasteiger partial charge in [0.05, 0.1) is 25.9 Å². The van der Waals surface area contributed by atoms with Crippen molar-refractivity contribution < 1.29 is 48.4 Å². The third kappa shape index (κ3) is 6.58. The summed E-state index contributed by atoms with van der Waals surface area (Å²) < 4.78 is 33.9. The molecule has 0 aliphatic carbocycles. The van der Waals surface area contributed by atoms with Crippen molar-refractivity contribution in [3.63, 3.8) is 0 Å². The fourth-order valence-corrected chi connectivity index (χ4v) is 6.25. The molecule has 9 atom stereocenters. The van der Waals surface area contributed by atoms with Crippen molar-refractivity contribution in [1.82, 2.24) is 39.0 Å². The van der Waals surface area contributed by atoms with Crippen molar-refractivity contribution in [1.29, 1.82) is 0 Å². The Morgan fingerprint density at radius 1 is 1.02 bits per heavy atom. The number of rotatable bonds is 8. The quantitative estimate of drug-likeness (QED) is 0.0688. The number of aromatic amines is 1. The summed E-state index contributed by atoms with van der Waals surface area (Å²) in [4.78, 5) is 45.5. The molecule has 0 amide bonds. The van der Waals surface area contributed by atoms with Crippen molar-refractivity contribution in [2.24, 2.45) is 0 Å².